The maximum Gasteiger partial charge on any atom is 0.264 e. The summed E-state index contributed by atoms with van der Waals surface area (Å²) in [6.07, 6.45) is 0.481. The fourth-order valence-corrected chi connectivity index (χ4v) is 2.66. The fraction of sp³-hybridized carbons (Fsp3) is 0.214. The second-order valence-corrected chi connectivity index (χ2v) is 5.84. The van der Waals surface area contributed by atoms with Crippen molar-refractivity contribution in [1.82, 2.24) is 15.0 Å². The Kier molecular flexibility index (Phi) is 3.76. The van der Waals surface area contributed by atoms with Crippen LogP contribution in [-0.2, 0) is 7.05 Å². The van der Waals surface area contributed by atoms with Crippen LogP contribution in [0.2, 0.25) is 5.02 Å². The first-order chi connectivity index (χ1) is 10.5. The summed E-state index contributed by atoms with van der Waals surface area (Å²) in [6, 6.07) is 7.32. The summed E-state index contributed by atoms with van der Waals surface area (Å²) < 4.78 is 1.50. The third-order valence-electron chi connectivity index (χ3n) is 3.61. The lowest BCUT2D eigenvalue weighted by Gasteiger charge is -2.10. The smallest absolute Gasteiger partial charge is 0.264 e. The van der Waals surface area contributed by atoms with E-state index in [0.717, 1.165) is 5.56 Å². The van der Waals surface area contributed by atoms with Gasteiger partial charge in [0, 0.05) is 18.5 Å². The van der Waals surface area contributed by atoms with Crippen LogP contribution >= 0.6 is 23.8 Å². The Hall–Kier alpha value is -2.12. The molecule has 0 spiro atoms. The molecule has 1 aliphatic heterocycles. The van der Waals surface area contributed by atoms with Crippen LogP contribution in [0.3, 0.4) is 0 Å². The van der Waals surface area contributed by atoms with Crippen LogP contribution in [-0.4, -0.2) is 20.4 Å². The van der Waals surface area contributed by atoms with Crippen molar-refractivity contribution in [3.8, 4) is 5.88 Å². The van der Waals surface area contributed by atoms with E-state index in [1.54, 1.807) is 19.2 Å². The third kappa shape index (κ3) is 2.53. The predicted octanol–water partition coefficient (Wildman–Crippen LogP) is 2.24. The van der Waals surface area contributed by atoms with Gasteiger partial charge in [-0.3, -0.25) is 14.3 Å². The lowest BCUT2D eigenvalue weighted by atomic mass is 10.0. The van der Waals surface area contributed by atoms with E-state index in [4.69, 9.17) is 23.8 Å². The highest BCUT2D eigenvalue weighted by atomic mass is 35.5. The monoisotopic (exact) mass is 336 g/mol. The first-order valence-corrected chi connectivity index (χ1v) is 7.36. The molecule has 0 bridgehead atoms. The van der Waals surface area contributed by atoms with Crippen LogP contribution in [0.4, 0.5) is 0 Å². The van der Waals surface area contributed by atoms with Gasteiger partial charge in [0.15, 0.2) is 4.77 Å². The van der Waals surface area contributed by atoms with Crippen molar-refractivity contribution in [2.45, 2.75) is 12.5 Å². The second-order valence-electron chi connectivity index (χ2n) is 5.01. The lowest BCUT2D eigenvalue weighted by molar-refractivity contribution is 0.419. The van der Waals surface area contributed by atoms with Gasteiger partial charge in [-0.2, -0.15) is 5.10 Å². The van der Waals surface area contributed by atoms with Gasteiger partial charge in [0.2, 0.25) is 5.88 Å². The van der Waals surface area contributed by atoms with E-state index in [1.807, 2.05) is 12.1 Å². The quantitative estimate of drug-likeness (QED) is 0.734. The zero-order valence-corrected chi connectivity index (χ0v) is 13.2. The summed E-state index contributed by atoms with van der Waals surface area (Å²) in [5.74, 6) is -0.189. The lowest BCUT2D eigenvalue weighted by Crippen LogP contribution is -2.21. The number of hydrogen-bond donors (Lipinski definition) is 3. The van der Waals surface area contributed by atoms with Crippen molar-refractivity contribution in [1.29, 1.82) is 0 Å². The van der Waals surface area contributed by atoms with Gasteiger partial charge in [-0.1, -0.05) is 23.7 Å². The highest BCUT2D eigenvalue weighted by Crippen LogP contribution is 2.26. The Morgan fingerprint density at radius 3 is 2.77 bits per heavy atom. The number of rotatable bonds is 2. The molecule has 1 aromatic heterocycles. The number of H-pyrrole nitrogens is 1. The van der Waals surface area contributed by atoms with Crippen LogP contribution in [0.1, 0.15) is 23.6 Å². The van der Waals surface area contributed by atoms with E-state index in [2.05, 4.69) is 15.5 Å². The average molecular weight is 337 g/mol. The SMILES string of the molecule is Cn1c(O)c(C2=NN[C@@H](c3ccc(Cl)cc3)C2)c(=O)[nH]c1=S. The number of hydrazone groups is 1. The van der Waals surface area contributed by atoms with Gasteiger partial charge in [-0.25, -0.2) is 0 Å². The molecule has 8 heteroatoms. The Labute approximate surface area is 136 Å². The Morgan fingerprint density at radius 1 is 1.41 bits per heavy atom. The largest absolute Gasteiger partial charge is 0.494 e. The van der Waals surface area contributed by atoms with E-state index < -0.39 is 5.56 Å². The minimum atomic E-state index is -0.446. The third-order valence-corrected chi connectivity index (χ3v) is 4.24. The van der Waals surface area contributed by atoms with Gasteiger partial charge in [-0.15, -0.1) is 0 Å². The molecule has 3 N–H and O–H groups in total. The van der Waals surface area contributed by atoms with Crippen molar-refractivity contribution in [3.63, 3.8) is 0 Å². The van der Waals surface area contributed by atoms with Crippen LogP contribution in [0, 0.1) is 4.77 Å². The predicted molar refractivity (Wildman–Crippen MR) is 87.0 cm³/mol. The summed E-state index contributed by atoms with van der Waals surface area (Å²) in [4.78, 5) is 14.6. The molecule has 3 rings (SSSR count). The Bertz CT molecular complexity index is 870. The van der Waals surface area contributed by atoms with E-state index in [9.17, 15) is 9.90 Å². The maximum absolute atomic E-state index is 12.1. The highest BCUT2D eigenvalue weighted by Gasteiger charge is 2.26. The minimum Gasteiger partial charge on any atom is -0.494 e. The fourth-order valence-electron chi connectivity index (χ4n) is 2.35. The molecular weight excluding hydrogens is 324 g/mol. The molecule has 0 amide bonds. The molecule has 0 saturated heterocycles. The number of halogens is 1. The first-order valence-electron chi connectivity index (χ1n) is 6.57. The second kappa shape index (κ2) is 5.58. The molecular formula is C14H13ClN4O2S. The molecule has 2 heterocycles. The summed E-state index contributed by atoms with van der Waals surface area (Å²) in [5, 5.41) is 15.0. The van der Waals surface area contributed by atoms with Crippen LogP contribution < -0.4 is 11.0 Å². The normalized spacial score (nSPS) is 17.2. The summed E-state index contributed by atoms with van der Waals surface area (Å²) in [7, 11) is 1.58. The first kappa shape index (κ1) is 14.8. The van der Waals surface area contributed by atoms with E-state index in [-0.39, 0.29) is 22.3 Å². The average Bonchev–Trinajstić information content (AvgIpc) is 2.95. The van der Waals surface area contributed by atoms with Crippen molar-refractivity contribution >= 4 is 29.5 Å². The highest BCUT2D eigenvalue weighted by molar-refractivity contribution is 7.71. The number of aromatic amines is 1. The van der Waals surface area contributed by atoms with E-state index in [1.165, 1.54) is 4.57 Å². The number of aromatic nitrogens is 2. The van der Waals surface area contributed by atoms with Crippen molar-refractivity contribution in [2.24, 2.45) is 12.1 Å². The molecule has 0 radical (unpaired) electrons. The number of aromatic hydroxyl groups is 1. The van der Waals surface area contributed by atoms with Gasteiger partial charge < -0.3 is 10.5 Å². The summed E-state index contributed by atoms with van der Waals surface area (Å²) in [6.45, 7) is 0. The molecule has 0 aliphatic carbocycles. The van der Waals surface area contributed by atoms with Crippen molar-refractivity contribution in [3.05, 3.63) is 55.5 Å². The Balaban J connectivity index is 1.93. The van der Waals surface area contributed by atoms with Crippen LogP contribution in [0.25, 0.3) is 0 Å². The zero-order valence-electron chi connectivity index (χ0n) is 11.6. The number of benzene rings is 1. The van der Waals surface area contributed by atoms with Gasteiger partial charge >= 0.3 is 0 Å². The van der Waals surface area contributed by atoms with Crippen LogP contribution in [0.15, 0.2) is 34.2 Å². The van der Waals surface area contributed by atoms with Crippen LogP contribution in [0.5, 0.6) is 5.88 Å². The molecule has 1 atom stereocenters. The van der Waals surface area contributed by atoms with Crippen molar-refractivity contribution in [2.75, 3.05) is 0 Å². The molecule has 114 valence electrons. The summed E-state index contributed by atoms with van der Waals surface area (Å²) >= 11 is 10.8. The standard InChI is InChI=1S/C14H13ClN4O2S/c1-19-13(21)11(12(20)16-14(19)22)10-6-9(17-18-10)7-2-4-8(15)5-3-7/h2-5,9,17,21H,6H2,1H3,(H,16,20,22)/t9-/m1/s1. The number of nitrogens with one attached hydrogen (secondary N) is 2. The molecule has 22 heavy (non-hydrogen) atoms. The topological polar surface area (TPSA) is 82.4 Å². The van der Waals surface area contributed by atoms with E-state index in [0.29, 0.717) is 17.2 Å². The molecule has 0 unspecified atom stereocenters. The number of nitrogens with zero attached hydrogens (tertiary/aromatic N) is 2. The molecule has 6 nitrogen and oxygen atoms in total. The maximum atomic E-state index is 12.1. The van der Waals surface area contributed by atoms with Gasteiger partial charge in [0.1, 0.15) is 5.56 Å². The molecule has 1 aliphatic rings. The van der Waals surface area contributed by atoms with Crippen molar-refractivity contribution < 1.29 is 5.11 Å². The molecule has 1 aromatic carbocycles. The van der Waals surface area contributed by atoms with E-state index >= 15 is 0 Å². The minimum absolute atomic E-state index is 0.0699. The van der Waals surface area contributed by atoms with Gasteiger partial charge in [0.25, 0.3) is 5.56 Å². The molecule has 2 aromatic rings. The zero-order chi connectivity index (χ0) is 15.9. The Morgan fingerprint density at radius 2 is 2.09 bits per heavy atom. The molecule has 0 fully saturated rings. The molecule has 0 saturated carbocycles. The summed E-state index contributed by atoms with van der Waals surface area (Å²) in [5.41, 5.74) is 4.16. The van der Waals surface area contributed by atoms with Gasteiger partial charge in [0.05, 0.1) is 11.8 Å². The van der Waals surface area contributed by atoms with Gasteiger partial charge in [-0.05, 0) is 29.9 Å². The number of hydrogen-bond acceptors (Lipinski definition) is 5.